The fourth-order valence-corrected chi connectivity index (χ4v) is 2.90. The zero-order valence-corrected chi connectivity index (χ0v) is 15.3. The van der Waals surface area contributed by atoms with Gasteiger partial charge in [-0.05, 0) is 36.2 Å². The highest BCUT2D eigenvalue weighted by atomic mass is 16.5. The Morgan fingerprint density at radius 1 is 1.07 bits per heavy atom. The van der Waals surface area contributed by atoms with Gasteiger partial charge in [-0.2, -0.15) is 0 Å². The van der Waals surface area contributed by atoms with Gasteiger partial charge >= 0.3 is 0 Å². The quantitative estimate of drug-likeness (QED) is 0.462. The number of aryl methyl sites for hydroxylation is 1. The van der Waals surface area contributed by atoms with Crippen LogP contribution in [0.15, 0.2) is 54.7 Å². The molecule has 0 aliphatic heterocycles. The van der Waals surface area contributed by atoms with Crippen LogP contribution in [0, 0.1) is 5.41 Å². The zero-order valence-electron chi connectivity index (χ0n) is 15.3. The van der Waals surface area contributed by atoms with Crippen LogP contribution in [0.3, 0.4) is 0 Å². The molecular weight excluding hydrogens is 338 g/mol. The first-order valence-electron chi connectivity index (χ1n) is 8.73. The number of aromatic nitrogens is 1. The molecule has 0 unspecified atom stereocenters. The second-order valence-electron chi connectivity index (χ2n) is 6.01. The topological polar surface area (TPSA) is 75.1 Å². The molecule has 0 radical (unpaired) electrons. The van der Waals surface area contributed by atoms with Crippen molar-refractivity contribution < 1.29 is 9.53 Å². The van der Waals surface area contributed by atoms with Crippen LogP contribution < -0.4 is 10.1 Å². The number of nitrogens with one attached hydrogen (secondary N) is 2. The molecule has 3 rings (SSSR count). The summed E-state index contributed by atoms with van der Waals surface area (Å²) < 4.78 is 5.97. The van der Waals surface area contributed by atoms with Crippen molar-refractivity contribution in [2.75, 3.05) is 12.4 Å². The molecule has 0 saturated carbocycles. The van der Waals surface area contributed by atoms with Crippen molar-refractivity contribution in [2.24, 2.45) is 0 Å². The van der Waals surface area contributed by atoms with E-state index in [-0.39, 0.29) is 0 Å². The summed E-state index contributed by atoms with van der Waals surface area (Å²) in [5.41, 5.74) is 5.05. The third-order valence-electron chi connectivity index (χ3n) is 4.36. The van der Waals surface area contributed by atoms with Crippen LogP contribution in [-0.4, -0.2) is 24.5 Å². The molecule has 0 amide bonds. The van der Waals surface area contributed by atoms with Crippen molar-refractivity contribution in [2.45, 2.75) is 13.3 Å². The second kappa shape index (κ2) is 8.27. The maximum Gasteiger partial charge on any atom is 0.150 e. The lowest BCUT2D eigenvalue weighted by Gasteiger charge is -2.11. The number of hydrogen-bond acceptors (Lipinski definition) is 5. The normalized spacial score (nSPS) is 10.3. The summed E-state index contributed by atoms with van der Waals surface area (Å²) in [6, 6.07) is 14.9. The summed E-state index contributed by atoms with van der Waals surface area (Å²) in [6.07, 6.45) is 4.67. The lowest BCUT2D eigenvalue weighted by atomic mass is 10.0. The number of carbonyl (C=O) groups excluding carboxylic acids is 1. The first-order chi connectivity index (χ1) is 13.2. The van der Waals surface area contributed by atoms with Gasteiger partial charge in [0.2, 0.25) is 0 Å². The molecule has 27 heavy (non-hydrogen) atoms. The number of pyridine rings is 1. The molecule has 0 bridgehead atoms. The molecule has 0 aliphatic rings. The summed E-state index contributed by atoms with van der Waals surface area (Å²) in [4.78, 5) is 15.6. The lowest BCUT2D eigenvalue weighted by Crippen LogP contribution is -1.96. The van der Waals surface area contributed by atoms with Crippen LogP contribution in [0.5, 0.6) is 11.5 Å². The molecule has 5 heteroatoms. The van der Waals surface area contributed by atoms with E-state index in [1.54, 1.807) is 12.3 Å². The minimum atomic E-state index is 0.669. The van der Waals surface area contributed by atoms with E-state index in [1.165, 1.54) is 6.21 Å². The van der Waals surface area contributed by atoms with Crippen LogP contribution in [-0.2, 0) is 6.42 Å². The largest absolute Gasteiger partial charge is 0.457 e. The molecule has 0 saturated heterocycles. The summed E-state index contributed by atoms with van der Waals surface area (Å²) in [5, 5.41) is 10.5. The third-order valence-corrected chi connectivity index (χ3v) is 4.36. The Bertz CT molecular complexity index is 983. The van der Waals surface area contributed by atoms with Crippen LogP contribution >= 0.6 is 0 Å². The van der Waals surface area contributed by atoms with E-state index in [2.05, 4.69) is 10.3 Å². The Labute approximate surface area is 158 Å². The Kier molecular flexibility index (Phi) is 5.61. The van der Waals surface area contributed by atoms with Crippen LogP contribution in [0.4, 0.5) is 5.69 Å². The number of carbonyl (C=O) groups is 1. The minimum Gasteiger partial charge on any atom is -0.457 e. The molecule has 3 aromatic rings. The predicted molar refractivity (Wildman–Crippen MR) is 108 cm³/mol. The molecule has 0 atom stereocenters. The summed E-state index contributed by atoms with van der Waals surface area (Å²) in [5.74, 6) is 1.34. The van der Waals surface area contributed by atoms with Gasteiger partial charge in [-0.1, -0.05) is 19.1 Å². The van der Waals surface area contributed by atoms with Gasteiger partial charge in [0.05, 0.1) is 5.69 Å². The first-order valence-corrected chi connectivity index (χ1v) is 8.73. The van der Waals surface area contributed by atoms with Gasteiger partial charge in [0.1, 0.15) is 17.8 Å². The average Bonchev–Trinajstić information content (AvgIpc) is 2.73. The van der Waals surface area contributed by atoms with Crippen molar-refractivity contribution in [1.29, 1.82) is 5.41 Å². The monoisotopic (exact) mass is 359 g/mol. The molecule has 5 nitrogen and oxygen atoms in total. The number of aldehydes is 1. The average molecular weight is 359 g/mol. The van der Waals surface area contributed by atoms with E-state index < -0.39 is 0 Å². The van der Waals surface area contributed by atoms with E-state index in [4.69, 9.17) is 10.1 Å². The predicted octanol–water partition coefficient (Wildman–Crippen LogP) is 4.96. The molecular formula is C22H21N3O2. The highest BCUT2D eigenvalue weighted by Crippen LogP contribution is 2.29. The maximum absolute atomic E-state index is 11.1. The molecule has 0 fully saturated rings. The third kappa shape index (κ3) is 4.03. The second-order valence-corrected chi connectivity index (χ2v) is 6.01. The molecule has 1 aromatic heterocycles. The van der Waals surface area contributed by atoms with E-state index >= 15 is 0 Å². The molecule has 0 spiro atoms. The minimum absolute atomic E-state index is 0.669. The Morgan fingerprint density at radius 3 is 2.56 bits per heavy atom. The van der Waals surface area contributed by atoms with Gasteiger partial charge in [0.15, 0.2) is 0 Å². The highest BCUT2D eigenvalue weighted by molar-refractivity contribution is 5.86. The van der Waals surface area contributed by atoms with Gasteiger partial charge in [0.25, 0.3) is 0 Å². The van der Waals surface area contributed by atoms with Crippen molar-refractivity contribution >= 4 is 18.2 Å². The van der Waals surface area contributed by atoms with Crippen molar-refractivity contribution in [3.8, 4) is 22.8 Å². The van der Waals surface area contributed by atoms with Gasteiger partial charge in [-0.25, -0.2) is 0 Å². The van der Waals surface area contributed by atoms with Gasteiger partial charge in [0, 0.05) is 54.0 Å². The number of ether oxygens (including phenoxy) is 1. The van der Waals surface area contributed by atoms with E-state index in [0.717, 1.165) is 40.8 Å². The lowest BCUT2D eigenvalue weighted by molar-refractivity contribution is 0.112. The van der Waals surface area contributed by atoms with Crippen LogP contribution in [0.2, 0.25) is 0 Å². The SMILES string of the molecule is CCc1cc(-c2cc(Oc3ccc(C=N)c(NC)c3)ccn2)ccc1C=O. The number of nitrogens with zero attached hydrogens (tertiary/aromatic N) is 1. The van der Waals surface area contributed by atoms with E-state index in [9.17, 15) is 4.79 Å². The Balaban J connectivity index is 1.90. The van der Waals surface area contributed by atoms with Gasteiger partial charge in [-0.3, -0.25) is 9.78 Å². The number of hydrogen-bond donors (Lipinski definition) is 2. The standard InChI is InChI=1S/C22H21N3O2/c1-3-15-10-16(4-5-18(15)14-26)22-12-20(8-9-25-22)27-19-7-6-17(13-23)21(11-19)24-2/h4-14,23-24H,3H2,1-2H3. The maximum atomic E-state index is 11.1. The number of benzene rings is 2. The van der Waals surface area contributed by atoms with Crippen LogP contribution in [0.25, 0.3) is 11.3 Å². The highest BCUT2D eigenvalue weighted by Gasteiger charge is 2.08. The summed E-state index contributed by atoms with van der Waals surface area (Å²) in [6.45, 7) is 2.02. The fourth-order valence-electron chi connectivity index (χ4n) is 2.90. The van der Waals surface area contributed by atoms with Gasteiger partial charge in [-0.15, -0.1) is 0 Å². The molecule has 0 aliphatic carbocycles. The Morgan fingerprint density at radius 2 is 1.85 bits per heavy atom. The molecule has 1 heterocycles. The molecule has 136 valence electrons. The summed E-state index contributed by atoms with van der Waals surface area (Å²) >= 11 is 0. The first kappa shape index (κ1) is 18.3. The fraction of sp³-hybridized carbons (Fsp3) is 0.136. The van der Waals surface area contributed by atoms with Crippen molar-refractivity contribution in [1.82, 2.24) is 4.98 Å². The zero-order chi connectivity index (χ0) is 19.2. The van der Waals surface area contributed by atoms with Crippen molar-refractivity contribution in [3.63, 3.8) is 0 Å². The van der Waals surface area contributed by atoms with Crippen molar-refractivity contribution in [3.05, 3.63) is 71.4 Å². The van der Waals surface area contributed by atoms with E-state index in [0.29, 0.717) is 17.1 Å². The number of anilines is 1. The van der Waals surface area contributed by atoms with Gasteiger partial charge < -0.3 is 15.5 Å². The smallest absolute Gasteiger partial charge is 0.150 e. The summed E-state index contributed by atoms with van der Waals surface area (Å²) in [7, 11) is 1.81. The molecule has 2 aromatic carbocycles. The Hall–Kier alpha value is -3.47. The van der Waals surface area contributed by atoms with Crippen LogP contribution in [0.1, 0.15) is 28.4 Å². The number of rotatable bonds is 7. The van der Waals surface area contributed by atoms with E-state index in [1.807, 2.05) is 56.4 Å². The molecule has 2 N–H and O–H groups in total.